The molecule has 1 aliphatic heterocycles. The van der Waals surface area contributed by atoms with Gasteiger partial charge in [0.2, 0.25) is 5.95 Å². The van der Waals surface area contributed by atoms with Crippen molar-refractivity contribution >= 4 is 39.2 Å². The smallest absolute Gasteiger partial charge is 0.253 e. The van der Waals surface area contributed by atoms with Gasteiger partial charge in [-0.05, 0) is 49.4 Å². The van der Waals surface area contributed by atoms with Gasteiger partial charge in [0.25, 0.3) is 5.91 Å². The van der Waals surface area contributed by atoms with Gasteiger partial charge in [-0.25, -0.2) is 4.98 Å². The van der Waals surface area contributed by atoms with E-state index in [1.807, 2.05) is 48.0 Å². The van der Waals surface area contributed by atoms with E-state index in [1.54, 1.807) is 29.4 Å². The van der Waals surface area contributed by atoms with Gasteiger partial charge in [-0.15, -0.1) is 0 Å². The molecule has 10 heteroatoms. The van der Waals surface area contributed by atoms with Crippen LogP contribution in [0.15, 0.2) is 61.1 Å². The van der Waals surface area contributed by atoms with Crippen LogP contribution < -0.4 is 5.32 Å². The molecule has 0 bridgehead atoms. The monoisotopic (exact) mass is 464 g/mol. The average Bonchev–Trinajstić information content (AvgIpc) is 3.23. The number of anilines is 2. The van der Waals surface area contributed by atoms with Crippen LogP contribution in [0.5, 0.6) is 0 Å². The van der Waals surface area contributed by atoms with Crippen LogP contribution >= 0.6 is 10.6 Å². The Kier molecular flexibility index (Phi) is 5.49. The summed E-state index contributed by atoms with van der Waals surface area (Å²) in [5, 5.41) is 4.07. The van der Waals surface area contributed by atoms with Crippen molar-refractivity contribution in [3.05, 3.63) is 72.3 Å². The summed E-state index contributed by atoms with van der Waals surface area (Å²) >= 11 is 0. The molecule has 0 aliphatic carbocycles. The van der Waals surface area contributed by atoms with Crippen molar-refractivity contribution in [1.82, 2.24) is 24.4 Å². The number of pyridine rings is 1. The number of rotatable bonds is 4. The molecule has 1 saturated heterocycles. The summed E-state index contributed by atoms with van der Waals surface area (Å²) in [7, 11) is -2.53. The second-order valence-corrected chi connectivity index (χ2v) is 10.4. The molecule has 0 radical (unpaired) electrons. The first-order chi connectivity index (χ1) is 15.9. The maximum atomic E-state index is 12.8. The Morgan fingerprint density at radius 2 is 1.76 bits per heavy atom. The van der Waals surface area contributed by atoms with Gasteiger partial charge in [0.15, 0.2) is 0 Å². The van der Waals surface area contributed by atoms with Crippen molar-refractivity contribution in [2.75, 3.05) is 29.9 Å². The van der Waals surface area contributed by atoms with Crippen molar-refractivity contribution < 1.29 is 13.9 Å². The fourth-order valence-corrected chi connectivity index (χ4v) is 4.96. The minimum absolute atomic E-state index is 0.102. The molecular weight excluding hydrogens is 440 g/mol. The fourth-order valence-electron chi connectivity index (χ4n) is 3.73. The number of nitrogens with zero attached hydrogens (tertiary/aromatic N) is 5. The predicted octanol–water partition coefficient (Wildman–Crippen LogP) is 4.07. The maximum Gasteiger partial charge on any atom is 0.253 e. The predicted molar refractivity (Wildman–Crippen MR) is 130 cm³/mol. The summed E-state index contributed by atoms with van der Waals surface area (Å²) in [5.74, 6) is 0.840. The van der Waals surface area contributed by atoms with Crippen LogP contribution in [-0.4, -0.2) is 64.0 Å². The lowest BCUT2D eigenvalue weighted by molar-refractivity contribution is 0.0768. The second kappa shape index (κ2) is 8.47. The van der Waals surface area contributed by atoms with E-state index in [0.29, 0.717) is 24.6 Å². The van der Waals surface area contributed by atoms with Gasteiger partial charge in [-0.3, -0.25) is 18.9 Å². The van der Waals surface area contributed by atoms with Gasteiger partial charge < -0.3 is 14.8 Å². The third-order valence-corrected chi connectivity index (χ3v) is 7.32. The molecule has 3 aromatic heterocycles. The quantitative estimate of drug-likeness (QED) is 0.417. The zero-order valence-corrected chi connectivity index (χ0v) is 18.9. The van der Waals surface area contributed by atoms with E-state index >= 15 is 0 Å². The third-order valence-electron chi connectivity index (χ3n) is 5.65. The number of carbonyl (C=O) groups is 1. The van der Waals surface area contributed by atoms with Crippen molar-refractivity contribution in [3.63, 3.8) is 0 Å². The van der Waals surface area contributed by atoms with E-state index in [0.717, 1.165) is 28.1 Å². The van der Waals surface area contributed by atoms with E-state index in [4.69, 9.17) is 0 Å². The molecule has 4 heterocycles. The molecule has 1 aliphatic rings. The van der Waals surface area contributed by atoms with Gasteiger partial charge in [0.1, 0.15) is 5.65 Å². The first-order valence-electron chi connectivity index (χ1n) is 10.6. The fraction of sp³-hybridized carbons (Fsp3) is 0.217. The summed E-state index contributed by atoms with van der Waals surface area (Å²) in [4.78, 5) is 27.8. The summed E-state index contributed by atoms with van der Waals surface area (Å²) in [6, 6.07) is 13.1. The lowest BCUT2D eigenvalue weighted by atomic mass is 10.1. The number of hydrogen-bond donors (Lipinski definition) is 3. The molecule has 0 spiro atoms. The molecule has 33 heavy (non-hydrogen) atoms. The van der Waals surface area contributed by atoms with E-state index in [1.165, 1.54) is 0 Å². The van der Waals surface area contributed by atoms with Gasteiger partial charge in [0.05, 0.1) is 23.4 Å². The molecule has 170 valence electrons. The Morgan fingerprint density at radius 3 is 2.45 bits per heavy atom. The first-order valence-corrected chi connectivity index (χ1v) is 12.4. The summed E-state index contributed by atoms with van der Waals surface area (Å²) in [6.45, 7) is 2.64. The summed E-state index contributed by atoms with van der Waals surface area (Å²) in [6.07, 6.45) is 5.42. The Bertz CT molecular complexity index is 1290. The summed E-state index contributed by atoms with van der Waals surface area (Å²) < 4.78 is 21.5. The number of aromatic nitrogens is 4. The number of amides is 1. The highest BCUT2D eigenvalue weighted by Gasteiger charge is 2.26. The second-order valence-electron chi connectivity index (χ2n) is 8.02. The molecule has 3 N–H and O–H groups in total. The number of benzene rings is 1. The molecule has 9 nitrogen and oxygen atoms in total. The molecule has 1 fully saturated rings. The van der Waals surface area contributed by atoms with Gasteiger partial charge >= 0.3 is 0 Å². The Balaban J connectivity index is 1.36. The number of fused-ring (bicyclic) bond motifs is 1. The zero-order valence-electron chi connectivity index (χ0n) is 18.0. The van der Waals surface area contributed by atoms with Crippen molar-refractivity contribution in [1.29, 1.82) is 0 Å². The minimum atomic E-state index is -2.53. The molecule has 1 amide bonds. The first kappa shape index (κ1) is 21.4. The van der Waals surface area contributed by atoms with Crippen molar-refractivity contribution in [2.24, 2.45) is 0 Å². The van der Waals surface area contributed by atoms with Crippen LogP contribution in [0.25, 0.3) is 16.7 Å². The van der Waals surface area contributed by atoms with E-state index in [-0.39, 0.29) is 17.4 Å². The highest BCUT2D eigenvalue weighted by molar-refractivity contribution is 8.24. The van der Waals surface area contributed by atoms with Gasteiger partial charge in [-0.2, -0.15) is 15.6 Å². The summed E-state index contributed by atoms with van der Waals surface area (Å²) in [5.41, 5.74) is 3.92. The Hall–Kier alpha value is -3.47. The lowest BCUT2D eigenvalue weighted by Crippen LogP contribution is -2.42. The molecule has 1 aromatic carbocycles. The van der Waals surface area contributed by atoms with Crippen LogP contribution in [0, 0.1) is 6.92 Å². The molecule has 5 rings (SSSR count). The number of aryl methyl sites for hydroxylation is 1. The number of hydrogen-bond acceptors (Lipinski definition) is 7. The van der Waals surface area contributed by atoms with Gasteiger partial charge in [0, 0.05) is 47.8 Å². The average molecular weight is 465 g/mol. The normalized spacial score (nSPS) is 16.5. The van der Waals surface area contributed by atoms with E-state index in [2.05, 4.69) is 20.3 Å². The topological polar surface area (TPSA) is 116 Å². The van der Waals surface area contributed by atoms with E-state index < -0.39 is 10.6 Å². The van der Waals surface area contributed by atoms with Crippen LogP contribution in [-0.2, 0) is 0 Å². The molecule has 0 unspecified atom stereocenters. The largest absolute Gasteiger partial charge is 0.336 e. The molecule has 4 aromatic rings. The van der Waals surface area contributed by atoms with Gasteiger partial charge in [-0.1, -0.05) is 0 Å². The number of nitrogens with one attached hydrogen (secondary N) is 1. The van der Waals surface area contributed by atoms with E-state index in [9.17, 15) is 13.9 Å². The highest BCUT2D eigenvalue weighted by atomic mass is 32.3. The molecule has 0 saturated carbocycles. The lowest BCUT2D eigenvalue weighted by Gasteiger charge is -2.40. The third kappa shape index (κ3) is 4.54. The standard InChI is InChI=1S/C23H24N6O3S/c1-16-2-5-19(15-24-16)26-23-25-14-18-8-9-29(21(18)27-23)20-6-3-17(4-7-20)22(30)28-10-12-33(31,32)13-11-28/h2-9,14-15,31-32H,10-13H2,1H3,(H,25,26,27). The Labute approximate surface area is 192 Å². The van der Waals surface area contributed by atoms with Crippen LogP contribution in [0.1, 0.15) is 16.1 Å². The van der Waals surface area contributed by atoms with Crippen molar-refractivity contribution in [2.45, 2.75) is 6.92 Å². The van der Waals surface area contributed by atoms with Crippen LogP contribution in [0.4, 0.5) is 11.6 Å². The van der Waals surface area contributed by atoms with Crippen LogP contribution in [0.2, 0.25) is 0 Å². The Morgan fingerprint density at radius 1 is 1.00 bits per heavy atom. The van der Waals surface area contributed by atoms with Crippen molar-refractivity contribution in [3.8, 4) is 5.69 Å². The molecular formula is C23H24N6O3S. The zero-order chi connectivity index (χ0) is 23.0. The number of carbonyl (C=O) groups excluding carboxylic acids is 1. The van der Waals surface area contributed by atoms with Crippen LogP contribution in [0.3, 0.4) is 0 Å². The molecule has 0 atom stereocenters. The maximum absolute atomic E-state index is 12.8. The minimum Gasteiger partial charge on any atom is -0.336 e. The highest BCUT2D eigenvalue weighted by Crippen LogP contribution is 2.40. The SMILES string of the molecule is Cc1ccc(Nc2ncc3ccn(-c4ccc(C(=O)N5CCS(O)(O)CC5)cc4)c3n2)cn1.